The summed E-state index contributed by atoms with van der Waals surface area (Å²) in [5.41, 5.74) is -1.39. The molecule has 6 nitrogen and oxygen atoms in total. The summed E-state index contributed by atoms with van der Waals surface area (Å²) in [4.78, 5) is 15.5. The highest BCUT2D eigenvalue weighted by atomic mass is 35.5. The molecule has 1 N–H and O–H groups in total. The van der Waals surface area contributed by atoms with E-state index in [0.29, 0.717) is 25.2 Å². The minimum absolute atomic E-state index is 0.115. The molecule has 2 aromatic carbocycles. The van der Waals surface area contributed by atoms with Crippen LogP contribution in [-0.2, 0) is 20.2 Å². The van der Waals surface area contributed by atoms with E-state index < -0.39 is 39.4 Å². The molecule has 1 fully saturated rings. The van der Waals surface area contributed by atoms with Gasteiger partial charge in [-0.05, 0) is 55.3 Å². The molecule has 37 heavy (non-hydrogen) atoms. The quantitative estimate of drug-likeness (QED) is 0.454. The summed E-state index contributed by atoms with van der Waals surface area (Å²) in [6.07, 6.45) is -3.59. The number of benzene rings is 2. The molecule has 204 valence electrons. The maximum atomic E-state index is 14.0. The molecule has 1 saturated heterocycles. The standard InChI is InChI=1S/C24H27Cl2F4N3O3S/c1-23(17-5-8-19(25)20(26)15-17,9-10-32-11-13-33(14-12-32)37(2,35)36)22(34)31-21(24(28,29)30)16-3-6-18(27)7-4-16/h3-8,15,21H,9-14H2,1-2H3,(H,31,34). The molecule has 0 spiro atoms. The van der Waals surface area contributed by atoms with Gasteiger partial charge in [0.05, 0.1) is 21.7 Å². The van der Waals surface area contributed by atoms with E-state index in [1.54, 1.807) is 0 Å². The van der Waals surface area contributed by atoms with E-state index in [0.717, 1.165) is 30.5 Å². The van der Waals surface area contributed by atoms with Gasteiger partial charge in [0.15, 0.2) is 6.04 Å². The molecule has 1 amide bonds. The third-order valence-electron chi connectivity index (χ3n) is 6.59. The van der Waals surface area contributed by atoms with Crippen LogP contribution in [-0.4, -0.2) is 68.7 Å². The maximum absolute atomic E-state index is 14.0. The molecular formula is C24H27Cl2F4N3O3S. The Labute approximate surface area is 223 Å². The SMILES string of the molecule is CC(CCN1CCN(S(C)(=O)=O)CC1)(C(=O)NC(c1ccc(F)cc1)C(F)(F)F)c1ccc(Cl)c(Cl)c1. The number of carbonyl (C=O) groups is 1. The number of alkyl halides is 3. The Kier molecular flexibility index (Phi) is 9.17. The first-order chi connectivity index (χ1) is 17.1. The molecule has 0 aromatic heterocycles. The molecule has 2 aromatic rings. The van der Waals surface area contributed by atoms with Crippen LogP contribution >= 0.6 is 23.2 Å². The fourth-order valence-corrected chi connectivity index (χ4v) is 5.32. The van der Waals surface area contributed by atoms with Crippen molar-refractivity contribution < 1.29 is 30.8 Å². The second-order valence-corrected chi connectivity index (χ2v) is 12.0. The van der Waals surface area contributed by atoms with Crippen molar-refractivity contribution in [2.24, 2.45) is 0 Å². The van der Waals surface area contributed by atoms with Gasteiger partial charge >= 0.3 is 6.18 Å². The number of amides is 1. The number of nitrogens with zero attached hydrogens (tertiary/aromatic N) is 2. The second kappa shape index (κ2) is 11.4. The number of hydrogen-bond acceptors (Lipinski definition) is 4. The van der Waals surface area contributed by atoms with Crippen molar-refractivity contribution in [1.82, 2.24) is 14.5 Å². The fraction of sp³-hybridized carbons (Fsp3) is 0.458. The lowest BCUT2D eigenvalue weighted by Crippen LogP contribution is -2.51. The van der Waals surface area contributed by atoms with Gasteiger partial charge in [0, 0.05) is 26.2 Å². The van der Waals surface area contributed by atoms with Crippen molar-refractivity contribution in [3.63, 3.8) is 0 Å². The smallest absolute Gasteiger partial charge is 0.340 e. The third-order valence-corrected chi connectivity index (χ3v) is 8.63. The van der Waals surface area contributed by atoms with Gasteiger partial charge in [-0.3, -0.25) is 4.79 Å². The number of sulfonamides is 1. The Hall–Kier alpha value is -1.92. The maximum Gasteiger partial charge on any atom is 0.412 e. The van der Waals surface area contributed by atoms with Crippen LogP contribution in [0.5, 0.6) is 0 Å². The van der Waals surface area contributed by atoms with Crippen LogP contribution in [0.2, 0.25) is 10.0 Å². The van der Waals surface area contributed by atoms with Crippen LogP contribution in [0.4, 0.5) is 17.6 Å². The van der Waals surface area contributed by atoms with Crippen LogP contribution in [0.1, 0.15) is 30.5 Å². The van der Waals surface area contributed by atoms with Crippen LogP contribution in [0.15, 0.2) is 42.5 Å². The van der Waals surface area contributed by atoms with Crippen LogP contribution in [0.3, 0.4) is 0 Å². The predicted molar refractivity (Wildman–Crippen MR) is 135 cm³/mol. The van der Waals surface area contributed by atoms with Gasteiger partial charge < -0.3 is 10.2 Å². The average Bonchev–Trinajstić information content (AvgIpc) is 2.82. The Balaban J connectivity index is 1.87. The van der Waals surface area contributed by atoms with Gasteiger partial charge in [0.25, 0.3) is 0 Å². The van der Waals surface area contributed by atoms with Crippen molar-refractivity contribution in [3.8, 4) is 0 Å². The summed E-state index contributed by atoms with van der Waals surface area (Å²) >= 11 is 12.2. The van der Waals surface area contributed by atoms with Crippen molar-refractivity contribution in [1.29, 1.82) is 0 Å². The van der Waals surface area contributed by atoms with Crippen molar-refractivity contribution in [3.05, 3.63) is 69.5 Å². The topological polar surface area (TPSA) is 69.7 Å². The van der Waals surface area contributed by atoms with E-state index in [2.05, 4.69) is 5.32 Å². The highest BCUT2D eigenvalue weighted by molar-refractivity contribution is 7.88. The average molecular weight is 584 g/mol. The molecule has 1 aliphatic rings. The minimum Gasteiger partial charge on any atom is -0.340 e. The monoisotopic (exact) mass is 583 g/mol. The molecule has 3 rings (SSSR count). The van der Waals surface area contributed by atoms with E-state index >= 15 is 0 Å². The highest BCUT2D eigenvalue weighted by Gasteiger charge is 2.45. The first-order valence-electron chi connectivity index (χ1n) is 11.4. The molecular weight excluding hydrogens is 557 g/mol. The molecule has 1 aliphatic heterocycles. The molecule has 2 unspecified atom stereocenters. The van der Waals surface area contributed by atoms with Gasteiger partial charge in [-0.1, -0.05) is 41.4 Å². The second-order valence-electron chi connectivity index (χ2n) is 9.21. The highest BCUT2D eigenvalue weighted by Crippen LogP contribution is 2.37. The molecule has 2 atom stereocenters. The van der Waals surface area contributed by atoms with E-state index in [4.69, 9.17) is 23.2 Å². The zero-order valence-electron chi connectivity index (χ0n) is 20.2. The normalized spacial score (nSPS) is 18.3. The van der Waals surface area contributed by atoms with E-state index in [1.165, 1.54) is 29.4 Å². The van der Waals surface area contributed by atoms with E-state index in [9.17, 15) is 30.8 Å². The third kappa shape index (κ3) is 7.35. The van der Waals surface area contributed by atoms with Crippen LogP contribution in [0.25, 0.3) is 0 Å². The molecule has 13 heteroatoms. The summed E-state index contributed by atoms with van der Waals surface area (Å²) in [5, 5.41) is 2.48. The summed E-state index contributed by atoms with van der Waals surface area (Å²) in [5.74, 6) is -1.60. The first kappa shape index (κ1) is 29.6. The van der Waals surface area contributed by atoms with Gasteiger partial charge in [0.2, 0.25) is 15.9 Å². The Bertz CT molecular complexity index is 1220. The van der Waals surface area contributed by atoms with Gasteiger partial charge in [-0.15, -0.1) is 0 Å². The number of hydrogen-bond donors (Lipinski definition) is 1. The predicted octanol–water partition coefficient (Wildman–Crippen LogP) is 4.78. The van der Waals surface area contributed by atoms with Gasteiger partial charge in [-0.2, -0.15) is 17.5 Å². The number of piperazine rings is 1. The lowest BCUT2D eigenvalue weighted by Gasteiger charge is -2.37. The zero-order valence-corrected chi connectivity index (χ0v) is 22.5. The van der Waals surface area contributed by atoms with Gasteiger partial charge in [0.1, 0.15) is 5.82 Å². The van der Waals surface area contributed by atoms with Crippen molar-refractivity contribution in [2.75, 3.05) is 39.0 Å². The molecule has 1 heterocycles. The molecule has 0 aliphatic carbocycles. The Morgan fingerprint density at radius 1 is 1.03 bits per heavy atom. The fourth-order valence-electron chi connectivity index (χ4n) is 4.19. The molecule has 0 bridgehead atoms. The van der Waals surface area contributed by atoms with Crippen LogP contribution in [0, 0.1) is 5.82 Å². The lowest BCUT2D eigenvalue weighted by atomic mass is 9.78. The number of rotatable bonds is 8. The Morgan fingerprint density at radius 2 is 1.62 bits per heavy atom. The molecule has 0 radical (unpaired) electrons. The summed E-state index contributed by atoms with van der Waals surface area (Å²) < 4.78 is 80.2. The first-order valence-corrected chi connectivity index (χ1v) is 14.0. The molecule has 0 saturated carbocycles. The minimum atomic E-state index is -4.84. The summed E-state index contributed by atoms with van der Waals surface area (Å²) in [6.45, 7) is 3.20. The zero-order chi connectivity index (χ0) is 27.6. The van der Waals surface area contributed by atoms with Crippen LogP contribution < -0.4 is 5.32 Å². The van der Waals surface area contributed by atoms with Crippen molar-refractivity contribution in [2.45, 2.75) is 31.0 Å². The largest absolute Gasteiger partial charge is 0.412 e. The van der Waals surface area contributed by atoms with Gasteiger partial charge in [-0.25, -0.2) is 12.8 Å². The van der Waals surface area contributed by atoms with E-state index in [1.807, 2.05) is 4.90 Å². The lowest BCUT2D eigenvalue weighted by molar-refractivity contribution is -0.165. The Morgan fingerprint density at radius 3 is 2.14 bits per heavy atom. The summed E-state index contributed by atoms with van der Waals surface area (Å²) in [6, 6.07) is 5.85. The number of carbonyl (C=O) groups excluding carboxylic acids is 1. The number of halogens is 6. The van der Waals surface area contributed by atoms with Crippen molar-refractivity contribution >= 4 is 39.1 Å². The summed E-state index contributed by atoms with van der Waals surface area (Å²) in [7, 11) is -3.33. The number of nitrogens with one attached hydrogen (secondary N) is 1. The van der Waals surface area contributed by atoms with E-state index in [-0.39, 0.29) is 35.1 Å².